The Morgan fingerprint density at radius 3 is 2.64 bits per heavy atom. The standard InChI is InChI=1S/C15H24N4O2.ClH/c20-11-17-14-8-15(18-12-21)10-19(9-14)7-1-2-13-3-5-16-6-4-13;/h8-9,11-13,16H,1-7,10H2,(H,17,20)(H,18,21);1H. The number of hydrogen-bond acceptors (Lipinski definition) is 4. The van der Waals surface area contributed by atoms with Crippen LogP contribution in [0.5, 0.6) is 0 Å². The molecule has 0 atom stereocenters. The third-order valence-corrected chi connectivity index (χ3v) is 4.01. The summed E-state index contributed by atoms with van der Waals surface area (Å²) in [6.45, 7) is 3.89. The largest absolute Gasteiger partial charge is 0.370 e. The number of nitrogens with one attached hydrogen (secondary N) is 3. The van der Waals surface area contributed by atoms with Crippen molar-refractivity contribution in [1.82, 2.24) is 20.9 Å². The van der Waals surface area contributed by atoms with E-state index in [9.17, 15) is 9.59 Å². The van der Waals surface area contributed by atoms with E-state index in [0.29, 0.717) is 25.1 Å². The molecule has 2 rings (SSSR count). The first-order valence-corrected chi connectivity index (χ1v) is 7.59. The summed E-state index contributed by atoms with van der Waals surface area (Å²) in [6.07, 6.45) is 9.95. The Morgan fingerprint density at radius 1 is 1.23 bits per heavy atom. The summed E-state index contributed by atoms with van der Waals surface area (Å²) in [5.74, 6) is 0.829. The number of halogens is 1. The van der Waals surface area contributed by atoms with Gasteiger partial charge in [0.15, 0.2) is 0 Å². The van der Waals surface area contributed by atoms with Crippen molar-refractivity contribution in [3.63, 3.8) is 0 Å². The number of nitrogens with zero attached hydrogens (tertiary/aromatic N) is 1. The van der Waals surface area contributed by atoms with Gasteiger partial charge in [-0.3, -0.25) is 9.59 Å². The first-order valence-electron chi connectivity index (χ1n) is 7.59. The van der Waals surface area contributed by atoms with E-state index in [4.69, 9.17) is 0 Å². The number of rotatable bonds is 8. The van der Waals surface area contributed by atoms with Crippen molar-refractivity contribution in [3.8, 4) is 0 Å². The third-order valence-electron chi connectivity index (χ3n) is 4.01. The lowest BCUT2D eigenvalue weighted by molar-refractivity contribution is -0.109. The Hall–Kier alpha value is -1.53. The van der Waals surface area contributed by atoms with Gasteiger partial charge in [-0.25, -0.2) is 0 Å². The van der Waals surface area contributed by atoms with Crippen LogP contribution < -0.4 is 16.0 Å². The van der Waals surface area contributed by atoms with Gasteiger partial charge in [-0.2, -0.15) is 0 Å². The van der Waals surface area contributed by atoms with E-state index >= 15 is 0 Å². The molecule has 0 unspecified atom stereocenters. The molecule has 0 saturated carbocycles. The highest BCUT2D eigenvalue weighted by Gasteiger charge is 2.15. The average Bonchev–Trinajstić information content (AvgIpc) is 2.49. The van der Waals surface area contributed by atoms with Gasteiger partial charge in [0.2, 0.25) is 12.8 Å². The number of piperidine rings is 1. The quantitative estimate of drug-likeness (QED) is 0.574. The summed E-state index contributed by atoms with van der Waals surface area (Å²) < 4.78 is 0. The lowest BCUT2D eigenvalue weighted by atomic mass is 9.93. The van der Waals surface area contributed by atoms with Crippen LogP contribution in [-0.2, 0) is 9.59 Å². The normalized spacial score (nSPS) is 18.6. The van der Waals surface area contributed by atoms with Crippen LogP contribution >= 0.6 is 12.4 Å². The van der Waals surface area contributed by atoms with Gasteiger partial charge in [-0.15, -0.1) is 12.4 Å². The van der Waals surface area contributed by atoms with Crippen molar-refractivity contribution >= 4 is 25.2 Å². The van der Waals surface area contributed by atoms with E-state index in [2.05, 4.69) is 20.9 Å². The predicted molar refractivity (Wildman–Crippen MR) is 88.2 cm³/mol. The molecule has 3 N–H and O–H groups in total. The Morgan fingerprint density at radius 2 is 1.95 bits per heavy atom. The lowest BCUT2D eigenvalue weighted by Gasteiger charge is -2.28. The number of carbonyl (C=O) groups is 2. The highest BCUT2D eigenvalue weighted by Crippen LogP contribution is 2.19. The molecule has 0 aromatic heterocycles. The molecule has 0 spiro atoms. The van der Waals surface area contributed by atoms with Crippen molar-refractivity contribution in [1.29, 1.82) is 0 Å². The van der Waals surface area contributed by atoms with E-state index in [1.54, 1.807) is 6.08 Å². The second-order valence-corrected chi connectivity index (χ2v) is 5.58. The van der Waals surface area contributed by atoms with Crippen molar-refractivity contribution in [2.24, 2.45) is 5.92 Å². The van der Waals surface area contributed by atoms with Crippen LogP contribution in [0.4, 0.5) is 0 Å². The Labute approximate surface area is 137 Å². The molecule has 2 amide bonds. The molecular weight excluding hydrogens is 304 g/mol. The molecule has 2 heterocycles. The maximum absolute atomic E-state index is 10.6. The van der Waals surface area contributed by atoms with Gasteiger partial charge in [0.1, 0.15) is 0 Å². The van der Waals surface area contributed by atoms with Crippen molar-refractivity contribution in [2.45, 2.75) is 25.7 Å². The van der Waals surface area contributed by atoms with Gasteiger partial charge in [0, 0.05) is 18.4 Å². The SMILES string of the molecule is Cl.O=CNC1=CN(CCCC2CCNCC2)CC(NC=O)=C1. The van der Waals surface area contributed by atoms with E-state index in [0.717, 1.165) is 37.7 Å². The molecule has 2 aliphatic rings. The van der Waals surface area contributed by atoms with E-state index < -0.39 is 0 Å². The molecule has 0 radical (unpaired) electrons. The topological polar surface area (TPSA) is 73.5 Å². The molecular formula is C15H25ClN4O2. The van der Waals surface area contributed by atoms with Crippen LogP contribution in [0.15, 0.2) is 23.7 Å². The van der Waals surface area contributed by atoms with Crippen molar-refractivity contribution < 1.29 is 9.59 Å². The van der Waals surface area contributed by atoms with Crippen LogP contribution in [0.3, 0.4) is 0 Å². The predicted octanol–water partition coefficient (Wildman–Crippen LogP) is 0.721. The lowest BCUT2D eigenvalue weighted by Crippen LogP contribution is -2.33. The van der Waals surface area contributed by atoms with Gasteiger partial charge in [-0.05, 0) is 50.8 Å². The Balaban J connectivity index is 0.00000242. The summed E-state index contributed by atoms with van der Waals surface area (Å²) in [7, 11) is 0. The zero-order valence-corrected chi connectivity index (χ0v) is 13.5. The minimum Gasteiger partial charge on any atom is -0.370 e. The second-order valence-electron chi connectivity index (χ2n) is 5.58. The molecule has 2 aliphatic heterocycles. The Kier molecular flexibility index (Phi) is 8.62. The van der Waals surface area contributed by atoms with Gasteiger partial charge in [0.25, 0.3) is 0 Å². The monoisotopic (exact) mass is 328 g/mol. The molecule has 0 aromatic rings. The molecule has 0 aromatic carbocycles. The van der Waals surface area contributed by atoms with E-state index in [1.165, 1.54) is 19.3 Å². The minimum atomic E-state index is 0. The number of amides is 2. The zero-order chi connectivity index (χ0) is 14.9. The highest BCUT2D eigenvalue weighted by molar-refractivity contribution is 5.85. The summed E-state index contributed by atoms with van der Waals surface area (Å²) >= 11 is 0. The zero-order valence-electron chi connectivity index (χ0n) is 12.7. The van der Waals surface area contributed by atoms with Crippen LogP contribution in [0, 0.1) is 5.92 Å². The number of hydrogen-bond donors (Lipinski definition) is 3. The molecule has 124 valence electrons. The number of allylic oxidation sites excluding steroid dienone is 1. The summed E-state index contributed by atoms with van der Waals surface area (Å²) in [6, 6.07) is 0. The van der Waals surface area contributed by atoms with Crippen LogP contribution in [0.2, 0.25) is 0 Å². The molecule has 1 saturated heterocycles. The fraction of sp³-hybridized carbons (Fsp3) is 0.600. The highest BCUT2D eigenvalue weighted by atomic mass is 35.5. The first-order chi connectivity index (χ1) is 10.3. The minimum absolute atomic E-state index is 0. The number of carbonyl (C=O) groups excluding carboxylic acids is 2. The molecule has 22 heavy (non-hydrogen) atoms. The van der Waals surface area contributed by atoms with Gasteiger partial charge < -0.3 is 20.9 Å². The summed E-state index contributed by atoms with van der Waals surface area (Å²) in [5.41, 5.74) is 1.51. The molecule has 0 aliphatic carbocycles. The average molecular weight is 329 g/mol. The van der Waals surface area contributed by atoms with Gasteiger partial charge >= 0.3 is 0 Å². The first kappa shape index (κ1) is 18.5. The van der Waals surface area contributed by atoms with Crippen LogP contribution in [-0.4, -0.2) is 43.9 Å². The van der Waals surface area contributed by atoms with Crippen LogP contribution in [0.1, 0.15) is 25.7 Å². The molecule has 7 heteroatoms. The summed E-state index contributed by atoms with van der Waals surface area (Å²) in [4.78, 5) is 23.3. The second kappa shape index (κ2) is 10.2. The van der Waals surface area contributed by atoms with Crippen LogP contribution in [0.25, 0.3) is 0 Å². The van der Waals surface area contributed by atoms with E-state index in [-0.39, 0.29) is 12.4 Å². The Bertz CT molecular complexity index is 420. The molecule has 0 bridgehead atoms. The fourth-order valence-electron chi connectivity index (χ4n) is 2.94. The van der Waals surface area contributed by atoms with Crippen molar-refractivity contribution in [3.05, 3.63) is 23.7 Å². The van der Waals surface area contributed by atoms with Gasteiger partial charge in [0.05, 0.1) is 12.2 Å². The van der Waals surface area contributed by atoms with Crippen molar-refractivity contribution in [2.75, 3.05) is 26.2 Å². The maximum Gasteiger partial charge on any atom is 0.211 e. The third kappa shape index (κ3) is 6.07. The van der Waals surface area contributed by atoms with Gasteiger partial charge in [-0.1, -0.05) is 0 Å². The molecule has 1 fully saturated rings. The smallest absolute Gasteiger partial charge is 0.211 e. The maximum atomic E-state index is 10.6. The fourth-order valence-corrected chi connectivity index (χ4v) is 2.94. The summed E-state index contributed by atoms with van der Waals surface area (Å²) in [5, 5.41) is 8.70. The molecule has 6 nitrogen and oxygen atoms in total. The van der Waals surface area contributed by atoms with E-state index in [1.807, 2.05) is 6.20 Å².